The lowest BCUT2D eigenvalue weighted by molar-refractivity contribution is -0.146. The SMILES string of the molecule is COCC(=O)NCCNC(=O)C12CC3CC(CC(C3)C1)C2. The highest BCUT2D eigenvalue weighted by Crippen LogP contribution is 2.60. The largest absolute Gasteiger partial charge is 0.375 e. The van der Waals surface area contributed by atoms with Gasteiger partial charge < -0.3 is 15.4 Å². The summed E-state index contributed by atoms with van der Waals surface area (Å²) in [6, 6.07) is 0. The first-order chi connectivity index (χ1) is 10.1. The molecule has 0 saturated heterocycles. The zero-order valence-corrected chi connectivity index (χ0v) is 12.8. The third-order valence-electron chi connectivity index (χ3n) is 5.53. The van der Waals surface area contributed by atoms with E-state index in [0.29, 0.717) is 13.1 Å². The van der Waals surface area contributed by atoms with Crippen LogP contribution in [0.15, 0.2) is 0 Å². The van der Waals surface area contributed by atoms with Gasteiger partial charge in [0.25, 0.3) is 0 Å². The van der Waals surface area contributed by atoms with Crippen LogP contribution in [0.4, 0.5) is 0 Å². The van der Waals surface area contributed by atoms with Crippen LogP contribution >= 0.6 is 0 Å². The highest BCUT2D eigenvalue weighted by Gasteiger charge is 2.54. The van der Waals surface area contributed by atoms with Crippen molar-refractivity contribution in [2.45, 2.75) is 38.5 Å². The molecule has 0 unspecified atom stereocenters. The maximum Gasteiger partial charge on any atom is 0.246 e. The summed E-state index contributed by atoms with van der Waals surface area (Å²) < 4.78 is 4.75. The Morgan fingerprint density at radius 1 is 1.00 bits per heavy atom. The lowest BCUT2D eigenvalue weighted by Crippen LogP contribution is -2.54. The van der Waals surface area contributed by atoms with Gasteiger partial charge in [0.05, 0.1) is 0 Å². The molecule has 0 atom stereocenters. The van der Waals surface area contributed by atoms with E-state index in [2.05, 4.69) is 10.6 Å². The van der Waals surface area contributed by atoms with Crippen molar-refractivity contribution in [3.05, 3.63) is 0 Å². The van der Waals surface area contributed by atoms with Gasteiger partial charge in [0.1, 0.15) is 6.61 Å². The second-order valence-electron chi connectivity index (χ2n) is 7.24. The van der Waals surface area contributed by atoms with Gasteiger partial charge in [-0.05, 0) is 56.3 Å². The standard InChI is InChI=1S/C16H26N2O3/c1-21-10-14(19)17-2-3-18-15(20)16-7-11-4-12(8-16)6-13(5-11)9-16/h11-13H,2-10H2,1H3,(H,17,19)(H,18,20). The highest BCUT2D eigenvalue weighted by molar-refractivity contribution is 5.83. The smallest absolute Gasteiger partial charge is 0.246 e. The average Bonchev–Trinajstić information content (AvgIpc) is 2.42. The van der Waals surface area contributed by atoms with Crippen molar-refractivity contribution in [1.29, 1.82) is 0 Å². The van der Waals surface area contributed by atoms with Crippen molar-refractivity contribution >= 4 is 11.8 Å². The van der Waals surface area contributed by atoms with Crippen molar-refractivity contribution in [3.8, 4) is 0 Å². The van der Waals surface area contributed by atoms with Gasteiger partial charge in [-0.25, -0.2) is 0 Å². The Kier molecular flexibility index (Phi) is 4.20. The molecule has 4 aliphatic rings. The fraction of sp³-hybridized carbons (Fsp3) is 0.875. The third-order valence-corrected chi connectivity index (χ3v) is 5.53. The number of ether oxygens (including phenoxy) is 1. The van der Waals surface area contributed by atoms with Crippen molar-refractivity contribution in [3.63, 3.8) is 0 Å². The van der Waals surface area contributed by atoms with Crippen LogP contribution in [-0.2, 0) is 14.3 Å². The van der Waals surface area contributed by atoms with Gasteiger partial charge in [-0.15, -0.1) is 0 Å². The third kappa shape index (κ3) is 3.07. The molecule has 2 amide bonds. The summed E-state index contributed by atoms with van der Waals surface area (Å²) in [5.74, 6) is 2.43. The first-order valence-corrected chi connectivity index (χ1v) is 8.15. The number of rotatable bonds is 6. The predicted octanol–water partition coefficient (Wildman–Crippen LogP) is 1.08. The van der Waals surface area contributed by atoms with Gasteiger partial charge >= 0.3 is 0 Å². The summed E-state index contributed by atoms with van der Waals surface area (Å²) >= 11 is 0. The van der Waals surface area contributed by atoms with Crippen molar-refractivity contribution in [2.24, 2.45) is 23.2 Å². The van der Waals surface area contributed by atoms with E-state index in [9.17, 15) is 9.59 Å². The predicted molar refractivity (Wildman–Crippen MR) is 78.5 cm³/mol. The summed E-state index contributed by atoms with van der Waals surface area (Å²) in [7, 11) is 1.49. The molecule has 0 spiro atoms. The molecule has 4 fully saturated rings. The molecular formula is C16H26N2O3. The van der Waals surface area contributed by atoms with E-state index < -0.39 is 0 Å². The number of carbonyl (C=O) groups is 2. The van der Waals surface area contributed by atoms with Crippen LogP contribution in [0, 0.1) is 23.2 Å². The summed E-state index contributed by atoms with van der Waals surface area (Å²) in [6.45, 7) is 1.05. The molecule has 4 rings (SSSR count). The molecule has 5 nitrogen and oxygen atoms in total. The Morgan fingerprint density at radius 2 is 1.52 bits per heavy atom. The second kappa shape index (κ2) is 5.95. The molecule has 2 N–H and O–H groups in total. The number of nitrogens with one attached hydrogen (secondary N) is 2. The van der Waals surface area contributed by atoms with Crippen molar-refractivity contribution in [2.75, 3.05) is 26.8 Å². The van der Waals surface area contributed by atoms with E-state index in [4.69, 9.17) is 4.74 Å². The highest BCUT2D eigenvalue weighted by atomic mass is 16.5. The number of amides is 2. The maximum atomic E-state index is 12.6. The number of methoxy groups -OCH3 is 1. The van der Waals surface area contributed by atoms with Gasteiger partial charge in [-0.3, -0.25) is 9.59 Å². The molecule has 0 heterocycles. The van der Waals surface area contributed by atoms with Crippen LogP contribution in [0.25, 0.3) is 0 Å². The van der Waals surface area contributed by atoms with E-state index in [0.717, 1.165) is 37.0 Å². The molecule has 4 aliphatic carbocycles. The van der Waals surface area contributed by atoms with Crippen LogP contribution in [0.1, 0.15) is 38.5 Å². The van der Waals surface area contributed by atoms with Gasteiger partial charge in [-0.1, -0.05) is 0 Å². The number of carbonyl (C=O) groups excluding carboxylic acids is 2. The molecule has 0 aromatic heterocycles. The fourth-order valence-corrected chi connectivity index (χ4v) is 5.14. The lowest BCUT2D eigenvalue weighted by atomic mass is 9.49. The van der Waals surface area contributed by atoms with Crippen LogP contribution in [0.2, 0.25) is 0 Å². The van der Waals surface area contributed by atoms with Gasteiger partial charge in [-0.2, -0.15) is 0 Å². The Hall–Kier alpha value is -1.10. The monoisotopic (exact) mass is 294 g/mol. The van der Waals surface area contributed by atoms with Crippen LogP contribution in [0.3, 0.4) is 0 Å². The van der Waals surface area contributed by atoms with Crippen LogP contribution in [0.5, 0.6) is 0 Å². The first kappa shape index (κ1) is 14.8. The van der Waals surface area contributed by atoms with Crippen molar-refractivity contribution < 1.29 is 14.3 Å². The molecule has 0 aliphatic heterocycles. The van der Waals surface area contributed by atoms with Crippen LogP contribution < -0.4 is 10.6 Å². The molecule has 4 bridgehead atoms. The maximum absolute atomic E-state index is 12.6. The van der Waals surface area contributed by atoms with Gasteiger partial charge in [0.2, 0.25) is 11.8 Å². The quantitative estimate of drug-likeness (QED) is 0.720. The van der Waals surface area contributed by atoms with E-state index in [1.807, 2.05) is 0 Å². The number of hydrogen-bond acceptors (Lipinski definition) is 3. The minimum absolute atomic E-state index is 0.0723. The van der Waals surface area contributed by atoms with E-state index >= 15 is 0 Å². The molecule has 5 heteroatoms. The number of hydrogen-bond donors (Lipinski definition) is 2. The van der Waals surface area contributed by atoms with E-state index in [-0.39, 0.29) is 23.8 Å². The van der Waals surface area contributed by atoms with Gasteiger partial charge in [0, 0.05) is 25.6 Å². The molecule has 118 valence electrons. The zero-order valence-electron chi connectivity index (χ0n) is 12.8. The Morgan fingerprint density at radius 3 is 2.05 bits per heavy atom. The molecule has 0 radical (unpaired) electrons. The van der Waals surface area contributed by atoms with Gasteiger partial charge in [0.15, 0.2) is 0 Å². The van der Waals surface area contributed by atoms with Crippen molar-refractivity contribution in [1.82, 2.24) is 10.6 Å². The molecule has 0 aromatic rings. The molecule has 4 saturated carbocycles. The summed E-state index contributed by atoms with van der Waals surface area (Å²) in [4.78, 5) is 23.9. The minimum Gasteiger partial charge on any atom is -0.375 e. The second-order valence-corrected chi connectivity index (χ2v) is 7.24. The zero-order chi connectivity index (χ0) is 14.9. The average molecular weight is 294 g/mol. The summed E-state index contributed by atoms with van der Waals surface area (Å²) in [5, 5.41) is 5.78. The normalized spacial score (nSPS) is 36.5. The Bertz CT molecular complexity index is 386. The topological polar surface area (TPSA) is 67.4 Å². The van der Waals surface area contributed by atoms with E-state index in [1.165, 1.54) is 26.4 Å². The molecule has 0 aromatic carbocycles. The fourth-order valence-electron chi connectivity index (χ4n) is 5.14. The molecule has 21 heavy (non-hydrogen) atoms. The van der Waals surface area contributed by atoms with Crippen LogP contribution in [-0.4, -0.2) is 38.6 Å². The first-order valence-electron chi connectivity index (χ1n) is 8.15. The minimum atomic E-state index is -0.137. The van der Waals surface area contributed by atoms with E-state index in [1.54, 1.807) is 0 Å². The Balaban J connectivity index is 1.46. The summed E-state index contributed by atoms with van der Waals surface area (Å²) in [5.41, 5.74) is -0.0920. The Labute approximate surface area is 126 Å². The summed E-state index contributed by atoms with van der Waals surface area (Å²) in [6.07, 6.45) is 7.29. The lowest BCUT2D eigenvalue weighted by Gasteiger charge is -2.55. The molecular weight excluding hydrogens is 268 g/mol.